The van der Waals surface area contributed by atoms with Crippen molar-refractivity contribution in [2.24, 2.45) is 29.6 Å². The summed E-state index contributed by atoms with van der Waals surface area (Å²) in [5.74, 6) is 5.00. The van der Waals surface area contributed by atoms with Crippen LogP contribution in [0.25, 0.3) is 0 Å². The predicted octanol–water partition coefficient (Wildman–Crippen LogP) is 6.11. The molecule has 0 aromatic carbocycles. The van der Waals surface area contributed by atoms with Crippen molar-refractivity contribution in [3.63, 3.8) is 0 Å². The van der Waals surface area contributed by atoms with Gasteiger partial charge < -0.3 is 0 Å². The molecule has 4 rings (SSSR count). The second-order valence-corrected chi connectivity index (χ2v) is 10.5. The molecule has 0 aromatic heterocycles. The summed E-state index contributed by atoms with van der Waals surface area (Å²) in [7, 11) is 0. The summed E-state index contributed by atoms with van der Waals surface area (Å²) in [6.45, 7) is 2.34. The molecule has 0 atom stereocenters. The minimum absolute atomic E-state index is 0.0858. The van der Waals surface area contributed by atoms with Gasteiger partial charge in [0.05, 0.1) is 0 Å². The molecule has 0 bridgehead atoms. The van der Waals surface area contributed by atoms with Crippen molar-refractivity contribution in [2.45, 2.75) is 116 Å². The van der Waals surface area contributed by atoms with E-state index in [0.717, 1.165) is 42.4 Å². The molecule has 3 heteroatoms. The summed E-state index contributed by atoms with van der Waals surface area (Å²) in [5.41, 5.74) is 0. The summed E-state index contributed by atoms with van der Waals surface area (Å²) in [4.78, 5) is 25.7. The first-order chi connectivity index (χ1) is 13.7. The fourth-order valence-electron chi connectivity index (χ4n) is 7.28. The van der Waals surface area contributed by atoms with Gasteiger partial charge in [-0.2, -0.15) is 0 Å². The second-order valence-electron chi connectivity index (χ2n) is 10.5. The average Bonchev–Trinajstić information content (AvgIpc) is 3.07. The third-order valence-electron chi connectivity index (χ3n) is 8.93. The van der Waals surface area contributed by atoms with Crippen LogP contribution in [-0.2, 0) is 9.59 Å². The molecule has 0 N–H and O–H groups in total. The van der Waals surface area contributed by atoms with Crippen molar-refractivity contribution >= 4 is 11.8 Å². The van der Waals surface area contributed by atoms with E-state index in [2.05, 4.69) is 6.92 Å². The van der Waals surface area contributed by atoms with Crippen LogP contribution < -0.4 is 0 Å². The standard InChI is InChI=1S/C25H41NO2/c1-2-3-18-4-6-19(7-5-18)20-8-10-21(11-9-20)22-12-14-23(15-13-22)26-24(27)16-17-25(26)28/h18-23H,2-17H2,1H3. The number of carbonyl (C=O) groups excluding carboxylic acids is 2. The van der Waals surface area contributed by atoms with E-state index in [1.807, 2.05) is 0 Å². The Labute approximate surface area is 172 Å². The fraction of sp³-hybridized carbons (Fsp3) is 0.920. The quantitative estimate of drug-likeness (QED) is 0.534. The molecule has 1 saturated heterocycles. The van der Waals surface area contributed by atoms with E-state index >= 15 is 0 Å². The molecule has 0 radical (unpaired) electrons. The van der Waals surface area contributed by atoms with Crippen LogP contribution in [0.15, 0.2) is 0 Å². The highest BCUT2D eigenvalue weighted by Gasteiger charge is 2.39. The van der Waals surface area contributed by atoms with E-state index in [4.69, 9.17) is 0 Å². The van der Waals surface area contributed by atoms with Crippen molar-refractivity contribution < 1.29 is 9.59 Å². The maximum Gasteiger partial charge on any atom is 0.229 e. The molecule has 28 heavy (non-hydrogen) atoms. The molecule has 0 unspecified atom stereocenters. The van der Waals surface area contributed by atoms with Crippen molar-refractivity contribution in [3.05, 3.63) is 0 Å². The molecule has 1 aliphatic heterocycles. The SMILES string of the molecule is CCCC1CCC(C2CCC(C3CCC(N4C(=O)CCC4=O)CC3)CC2)CC1. The van der Waals surface area contributed by atoms with Gasteiger partial charge in [0.15, 0.2) is 0 Å². The lowest BCUT2D eigenvalue weighted by Gasteiger charge is -2.42. The molecule has 0 aromatic rings. The lowest BCUT2D eigenvalue weighted by atomic mass is 9.65. The molecule has 3 saturated carbocycles. The number of imide groups is 1. The van der Waals surface area contributed by atoms with Crippen LogP contribution in [0.2, 0.25) is 0 Å². The first-order valence-electron chi connectivity index (χ1n) is 12.5. The molecule has 3 nitrogen and oxygen atoms in total. The molecule has 4 fully saturated rings. The second kappa shape index (κ2) is 9.30. The third kappa shape index (κ3) is 4.49. The Morgan fingerprint density at radius 1 is 0.643 bits per heavy atom. The number of hydrogen-bond acceptors (Lipinski definition) is 2. The molecule has 0 spiro atoms. The highest BCUT2D eigenvalue weighted by molar-refractivity contribution is 6.02. The van der Waals surface area contributed by atoms with E-state index in [1.54, 1.807) is 4.90 Å². The Balaban J connectivity index is 1.19. The van der Waals surface area contributed by atoms with E-state index in [0.29, 0.717) is 12.8 Å². The molecular weight excluding hydrogens is 346 g/mol. The van der Waals surface area contributed by atoms with Gasteiger partial charge in [-0.05, 0) is 93.8 Å². The van der Waals surface area contributed by atoms with Crippen LogP contribution in [0.3, 0.4) is 0 Å². The zero-order chi connectivity index (χ0) is 19.5. The van der Waals surface area contributed by atoms with Gasteiger partial charge in [-0.25, -0.2) is 0 Å². The normalized spacial score (nSPS) is 40.1. The van der Waals surface area contributed by atoms with Gasteiger partial charge in [-0.3, -0.25) is 14.5 Å². The number of rotatable bonds is 5. The van der Waals surface area contributed by atoms with Crippen molar-refractivity contribution in [1.82, 2.24) is 4.90 Å². The zero-order valence-corrected chi connectivity index (χ0v) is 18.0. The number of hydrogen-bond donors (Lipinski definition) is 0. The summed E-state index contributed by atoms with van der Waals surface area (Å²) in [6.07, 6.45) is 20.1. The van der Waals surface area contributed by atoms with Crippen molar-refractivity contribution in [1.29, 1.82) is 0 Å². The van der Waals surface area contributed by atoms with Crippen LogP contribution >= 0.6 is 0 Å². The van der Waals surface area contributed by atoms with Crippen molar-refractivity contribution in [2.75, 3.05) is 0 Å². The zero-order valence-electron chi connectivity index (χ0n) is 18.0. The van der Waals surface area contributed by atoms with Gasteiger partial charge in [-0.1, -0.05) is 32.6 Å². The molecule has 2 amide bonds. The number of amides is 2. The summed E-state index contributed by atoms with van der Waals surface area (Å²) < 4.78 is 0. The van der Waals surface area contributed by atoms with E-state index < -0.39 is 0 Å². The van der Waals surface area contributed by atoms with Gasteiger partial charge in [0, 0.05) is 18.9 Å². The first-order valence-corrected chi connectivity index (χ1v) is 12.5. The minimum Gasteiger partial charge on any atom is -0.280 e. The molecule has 4 aliphatic rings. The number of carbonyl (C=O) groups is 2. The summed E-state index contributed by atoms with van der Waals surface area (Å²) in [6, 6.07) is 0.216. The van der Waals surface area contributed by atoms with Crippen LogP contribution in [0, 0.1) is 29.6 Å². The molecular formula is C25H41NO2. The summed E-state index contributed by atoms with van der Waals surface area (Å²) in [5, 5.41) is 0. The maximum atomic E-state index is 12.0. The van der Waals surface area contributed by atoms with E-state index in [-0.39, 0.29) is 17.9 Å². The Morgan fingerprint density at radius 3 is 1.46 bits per heavy atom. The minimum atomic E-state index is 0.0858. The highest BCUT2D eigenvalue weighted by Crippen LogP contribution is 2.46. The van der Waals surface area contributed by atoms with Crippen LogP contribution in [0.5, 0.6) is 0 Å². The molecule has 3 aliphatic carbocycles. The molecule has 1 heterocycles. The third-order valence-corrected chi connectivity index (χ3v) is 8.93. The van der Waals surface area contributed by atoms with Gasteiger partial charge >= 0.3 is 0 Å². The van der Waals surface area contributed by atoms with Gasteiger partial charge in [0.25, 0.3) is 0 Å². The Bertz CT molecular complexity index is 519. The van der Waals surface area contributed by atoms with Crippen LogP contribution in [0.1, 0.15) is 110 Å². The highest BCUT2D eigenvalue weighted by atomic mass is 16.2. The predicted molar refractivity (Wildman–Crippen MR) is 113 cm³/mol. The Kier molecular flexibility index (Phi) is 6.78. The Hall–Kier alpha value is -0.860. The van der Waals surface area contributed by atoms with E-state index in [1.165, 1.54) is 77.0 Å². The fourth-order valence-corrected chi connectivity index (χ4v) is 7.28. The smallest absolute Gasteiger partial charge is 0.229 e. The topological polar surface area (TPSA) is 37.4 Å². The Morgan fingerprint density at radius 2 is 1.04 bits per heavy atom. The number of likely N-dealkylation sites (tertiary alicyclic amines) is 1. The number of nitrogens with zero attached hydrogens (tertiary/aromatic N) is 1. The van der Waals surface area contributed by atoms with Crippen LogP contribution in [-0.4, -0.2) is 22.8 Å². The first kappa shape index (κ1) is 20.4. The van der Waals surface area contributed by atoms with Crippen molar-refractivity contribution in [3.8, 4) is 0 Å². The largest absolute Gasteiger partial charge is 0.280 e. The van der Waals surface area contributed by atoms with Gasteiger partial charge in [0.2, 0.25) is 11.8 Å². The van der Waals surface area contributed by atoms with Gasteiger partial charge in [0.1, 0.15) is 0 Å². The lowest BCUT2D eigenvalue weighted by molar-refractivity contribution is -0.142. The lowest BCUT2D eigenvalue weighted by Crippen LogP contribution is -2.42. The average molecular weight is 388 g/mol. The molecule has 158 valence electrons. The van der Waals surface area contributed by atoms with E-state index in [9.17, 15) is 9.59 Å². The monoisotopic (exact) mass is 387 g/mol. The maximum absolute atomic E-state index is 12.0. The van der Waals surface area contributed by atoms with Crippen LogP contribution in [0.4, 0.5) is 0 Å². The summed E-state index contributed by atoms with van der Waals surface area (Å²) >= 11 is 0. The van der Waals surface area contributed by atoms with Gasteiger partial charge in [-0.15, -0.1) is 0 Å².